The maximum Gasteiger partial charge on any atom is 0.124 e. The number of benzene rings is 1. The maximum absolute atomic E-state index is 6.30. The highest BCUT2D eigenvalue weighted by molar-refractivity contribution is 6.31. The van der Waals surface area contributed by atoms with Crippen molar-refractivity contribution in [3.8, 4) is 5.75 Å². The topological polar surface area (TPSA) is 24.5 Å². The summed E-state index contributed by atoms with van der Waals surface area (Å²) in [5.74, 6) is 0.885. The van der Waals surface area contributed by atoms with Crippen LogP contribution in [0.3, 0.4) is 0 Å². The molecule has 1 fully saturated rings. The molecule has 18 heavy (non-hydrogen) atoms. The van der Waals surface area contributed by atoms with Gasteiger partial charge in [0.05, 0.1) is 7.11 Å². The quantitative estimate of drug-likeness (QED) is 0.908. The van der Waals surface area contributed by atoms with E-state index in [1.165, 1.54) is 0 Å². The van der Waals surface area contributed by atoms with Crippen molar-refractivity contribution in [1.82, 2.24) is 10.2 Å². The van der Waals surface area contributed by atoms with Gasteiger partial charge in [0.25, 0.3) is 0 Å². The van der Waals surface area contributed by atoms with Gasteiger partial charge in [-0.1, -0.05) is 24.6 Å². The summed E-state index contributed by atoms with van der Waals surface area (Å²) in [6.45, 7) is 6.26. The molecule has 0 aromatic heterocycles. The van der Waals surface area contributed by atoms with Crippen LogP contribution < -0.4 is 10.1 Å². The molecule has 1 unspecified atom stereocenters. The molecular formula is C14H21ClN2O. The van der Waals surface area contributed by atoms with E-state index in [1.54, 1.807) is 7.11 Å². The van der Waals surface area contributed by atoms with Gasteiger partial charge < -0.3 is 10.1 Å². The summed E-state index contributed by atoms with van der Waals surface area (Å²) in [5, 5.41) is 4.23. The third-order valence-electron chi connectivity index (χ3n) is 3.60. The van der Waals surface area contributed by atoms with Crippen LogP contribution in [0.15, 0.2) is 18.2 Å². The van der Waals surface area contributed by atoms with Gasteiger partial charge in [-0.25, -0.2) is 0 Å². The zero-order valence-electron chi connectivity index (χ0n) is 11.1. The third kappa shape index (κ3) is 2.97. The molecule has 1 N–H and O–H groups in total. The van der Waals surface area contributed by atoms with E-state index in [0.29, 0.717) is 6.04 Å². The lowest BCUT2D eigenvalue weighted by atomic mass is 10.1. The Morgan fingerprint density at radius 3 is 3.06 bits per heavy atom. The van der Waals surface area contributed by atoms with E-state index in [2.05, 4.69) is 17.1 Å². The number of hydrogen-bond acceptors (Lipinski definition) is 3. The van der Waals surface area contributed by atoms with Gasteiger partial charge in [-0.2, -0.15) is 0 Å². The van der Waals surface area contributed by atoms with Crippen molar-refractivity contribution >= 4 is 11.6 Å². The second-order valence-corrected chi connectivity index (χ2v) is 5.06. The van der Waals surface area contributed by atoms with Crippen LogP contribution in [0.2, 0.25) is 5.02 Å². The van der Waals surface area contributed by atoms with Crippen molar-refractivity contribution in [2.45, 2.75) is 25.9 Å². The monoisotopic (exact) mass is 268 g/mol. The van der Waals surface area contributed by atoms with Crippen LogP contribution in [0.1, 0.15) is 18.9 Å². The van der Waals surface area contributed by atoms with E-state index in [1.807, 2.05) is 18.2 Å². The van der Waals surface area contributed by atoms with Crippen molar-refractivity contribution < 1.29 is 4.74 Å². The number of halogens is 1. The van der Waals surface area contributed by atoms with Gasteiger partial charge in [0.1, 0.15) is 5.75 Å². The Balaban J connectivity index is 2.17. The molecule has 1 atom stereocenters. The maximum atomic E-state index is 6.30. The summed E-state index contributed by atoms with van der Waals surface area (Å²) in [6, 6.07) is 6.42. The van der Waals surface area contributed by atoms with Crippen LogP contribution in [0.4, 0.5) is 0 Å². The van der Waals surface area contributed by atoms with Gasteiger partial charge >= 0.3 is 0 Å². The summed E-state index contributed by atoms with van der Waals surface area (Å²) >= 11 is 6.30. The summed E-state index contributed by atoms with van der Waals surface area (Å²) in [7, 11) is 1.70. The lowest BCUT2D eigenvalue weighted by Gasteiger charge is -2.36. The first-order chi connectivity index (χ1) is 8.76. The molecule has 100 valence electrons. The molecule has 1 heterocycles. The fourth-order valence-corrected chi connectivity index (χ4v) is 2.73. The smallest absolute Gasteiger partial charge is 0.124 e. The Morgan fingerprint density at radius 2 is 2.33 bits per heavy atom. The van der Waals surface area contributed by atoms with Crippen molar-refractivity contribution in [2.75, 3.05) is 26.7 Å². The second kappa shape index (κ2) is 6.41. The summed E-state index contributed by atoms with van der Waals surface area (Å²) < 4.78 is 5.41. The van der Waals surface area contributed by atoms with Crippen molar-refractivity contribution in [3.63, 3.8) is 0 Å². The standard InChI is InChI=1S/C14H21ClN2O/c1-3-11-9-16-7-8-17(11)10-12-13(15)5-4-6-14(12)18-2/h4-6,11,16H,3,7-10H2,1-2H3. The third-order valence-corrected chi connectivity index (χ3v) is 3.95. The molecule has 1 aliphatic heterocycles. The first kappa shape index (κ1) is 13.7. The van der Waals surface area contributed by atoms with E-state index < -0.39 is 0 Å². The normalized spacial score (nSPS) is 20.9. The zero-order valence-corrected chi connectivity index (χ0v) is 11.8. The molecule has 0 radical (unpaired) electrons. The lowest BCUT2D eigenvalue weighted by Crippen LogP contribution is -2.50. The Morgan fingerprint density at radius 1 is 1.50 bits per heavy atom. The fourth-order valence-electron chi connectivity index (χ4n) is 2.50. The van der Waals surface area contributed by atoms with E-state index in [4.69, 9.17) is 16.3 Å². The Labute approximate surface area is 114 Å². The Hall–Kier alpha value is -0.770. The highest BCUT2D eigenvalue weighted by Crippen LogP contribution is 2.28. The van der Waals surface area contributed by atoms with Gasteiger partial charge in [0.15, 0.2) is 0 Å². The Bertz CT molecular complexity index is 397. The van der Waals surface area contributed by atoms with Crippen molar-refractivity contribution in [2.24, 2.45) is 0 Å². The van der Waals surface area contributed by atoms with Gasteiger partial charge in [-0.15, -0.1) is 0 Å². The minimum atomic E-state index is 0.583. The van der Waals surface area contributed by atoms with Crippen LogP contribution in [0.5, 0.6) is 5.75 Å². The number of rotatable bonds is 4. The zero-order chi connectivity index (χ0) is 13.0. The molecular weight excluding hydrogens is 248 g/mol. The minimum absolute atomic E-state index is 0.583. The summed E-state index contributed by atoms with van der Waals surface area (Å²) in [4.78, 5) is 2.49. The highest BCUT2D eigenvalue weighted by atomic mass is 35.5. The van der Waals surface area contributed by atoms with Crippen LogP contribution in [-0.4, -0.2) is 37.7 Å². The van der Waals surface area contributed by atoms with Gasteiger partial charge in [-0.3, -0.25) is 4.90 Å². The SMILES string of the molecule is CCC1CNCCN1Cc1c(Cl)cccc1OC. The van der Waals surface area contributed by atoms with E-state index in [9.17, 15) is 0 Å². The molecule has 0 amide bonds. The van der Waals surface area contributed by atoms with Gasteiger partial charge in [0.2, 0.25) is 0 Å². The Kier molecular flexibility index (Phi) is 4.87. The summed E-state index contributed by atoms with van der Waals surface area (Å²) in [6.07, 6.45) is 1.15. The van der Waals surface area contributed by atoms with Crippen LogP contribution in [-0.2, 0) is 6.54 Å². The molecule has 1 aromatic carbocycles. The molecule has 0 aliphatic carbocycles. The minimum Gasteiger partial charge on any atom is -0.496 e. The number of ether oxygens (including phenoxy) is 1. The average Bonchev–Trinajstić information content (AvgIpc) is 2.41. The molecule has 3 nitrogen and oxygen atoms in total. The average molecular weight is 269 g/mol. The first-order valence-corrected chi connectivity index (χ1v) is 6.90. The van der Waals surface area contributed by atoms with Crippen LogP contribution >= 0.6 is 11.6 Å². The van der Waals surface area contributed by atoms with Crippen molar-refractivity contribution in [3.05, 3.63) is 28.8 Å². The molecule has 1 saturated heterocycles. The summed E-state index contributed by atoms with van der Waals surface area (Å²) in [5.41, 5.74) is 1.10. The van der Waals surface area contributed by atoms with E-state index in [-0.39, 0.29) is 0 Å². The molecule has 2 rings (SSSR count). The van der Waals surface area contributed by atoms with Crippen molar-refractivity contribution in [1.29, 1.82) is 0 Å². The van der Waals surface area contributed by atoms with Crippen LogP contribution in [0.25, 0.3) is 0 Å². The van der Waals surface area contributed by atoms with Crippen LogP contribution in [0, 0.1) is 0 Å². The number of nitrogens with one attached hydrogen (secondary N) is 1. The highest BCUT2D eigenvalue weighted by Gasteiger charge is 2.22. The molecule has 1 aliphatic rings. The second-order valence-electron chi connectivity index (χ2n) is 4.66. The predicted octanol–water partition coefficient (Wildman–Crippen LogP) is 2.53. The number of methoxy groups -OCH3 is 1. The largest absolute Gasteiger partial charge is 0.496 e. The number of hydrogen-bond donors (Lipinski definition) is 1. The predicted molar refractivity (Wildman–Crippen MR) is 75.4 cm³/mol. The lowest BCUT2D eigenvalue weighted by molar-refractivity contribution is 0.147. The molecule has 0 bridgehead atoms. The number of nitrogens with zero attached hydrogens (tertiary/aromatic N) is 1. The molecule has 0 spiro atoms. The molecule has 4 heteroatoms. The first-order valence-electron chi connectivity index (χ1n) is 6.52. The van der Waals surface area contributed by atoms with E-state index >= 15 is 0 Å². The van der Waals surface area contributed by atoms with E-state index in [0.717, 1.165) is 48.9 Å². The number of piperazine rings is 1. The molecule has 0 saturated carbocycles. The van der Waals surface area contributed by atoms with Gasteiger partial charge in [0, 0.05) is 42.8 Å². The van der Waals surface area contributed by atoms with Gasteiger partial charge in [-0.05, 0) is 18.6 Å². The molecule has 1 aromatic rings. The fraction of sp³-hybridized carbons (Fsp3) is 0.571.